The molecule has 1 aromatic carbocycles. The number of fused-ring (bicyclic) bond motifs is 3. The lowest BCUT2D eigenvalue weighted by Crippen LogP contribution is -2.63. The maximum absolute atomic E-state index is 12.9. The minimum absolute atomic E-state index is 0.0958. The van der Waals surface area contributed by atoms with Crippen molar-refractivity contribution in [3.8, 4) is 0 Å². The molecule has 8 heteroatoms. The molecule has 0 amide bonds. The third-order valence-electron chi connectivity index (χ3n) is 5.00. The second-order valence-corrected chi connectivity index (χ2v) is 8.02. The van der Waals surface area contributed by atoms with Crippen molar-refractivity contribution in [2.45, 2.75) is 36.1 Å². The van der Waals surface area contributed by atoms with Gasteiger partial charge in [-0.1, -0.05) is 0 Å². The summed E-state index contributed by atoms with van der Waals surface area (Å²) in [5.74, 6) is 0.390. The van der Waals surface area contributed by atoms with Crippen LogP contribution in [0.4, 0.5) is 5.69 Å². The van der Waals surface area contributed by atoms with Gasteiger partial charge >= 0.3 is 0 Å². The summed E-state index contributed by atoms with van der Waals surface area (Å²) in [5.41, 5.74) is 5.30. The van der Waals surface area contributed by atoms with E-state index in [1.807, 2.05) is 0 Å². The van der Waals surface area contributed by atoms with Crippen molar-refractivity contribution >= 4 is 15.7 Å². The number of sulfonamides is 1. The Morgan fingerprint density at radius 2 is 1.86 bits per heavy atom. The van der Waals surface area contributed by atoms with E-state index in [9.17, 15) is 18.5 Å². The van der Waals surface area contributed by atoms with Crippen LogP contribution >= 0.6 is 0 Å². The summed E-state index contributed by atoms with van der Waals surface area (Å²) in [5, 5.41) is 10.7. The smallest absolute Gasteiger partial charge is 0.269 e. The predicted molar refractivity (Wildman–Crippen MR) is 80.7 cm³/mol. The molecule has 0 spiro atoms. The molecule has 0 radical (unpaired) electrons. The van der Waals surface area contributed by atoms with Gasteiger partial charge in [-0.2, -0.15) is 4.31 Å². The maximum atomic E-state index is 12.9. The number of rotatable bonds is 4. The van der Waals surface area contributed by atoms with Crippen LogP contribution in [0.1, 0.15) is 25.7 Å². The fourth-order valence-corrected chi connectivity index (χ4v) is 5.51. The van der Waals surface area contributed by atoms with Crippen molar-refractivity contribution in [2.75, 3.05) is 13.1 Å². The van der Waals surface area contributed by atoms with E-state index in [-0.39, 0.29) is 10.6 Å². The van der Waals surface area contributed by atoms with Gasteiger partial charge in [0.25, 0.3) is 5.69 Å². The number of nitrogens with zero attached hydrogens (tertiary/aromatic N) is 2. The van der Waals surface area contributed by atoms with Crippen LogP contribution in [0.15, 0.2) is 29.2 Å². The number of hydrogen-bond donors (Lipinski definition) is 1. The van der Waals surface area contributed by atoms with Crippen molar-refractivity contribution < 1.29 is 13.3 Å². The Balaban J connectivity index is 1.97. The molecule has 0 atom stereocenters. The average Bonchev–Trinajstić information content (AvgIpc) is 2.55. The van der Waals surface area contributed by atoms with Crippen molar-refractivity contribution in [3.63, 3.8) is 0 Å². The number of nitro groups is 1. The molecule has 4 rings (SSSR count). The molecule has 7 nitrogen and oxygen atoms in total. The van der Waals surface area contributed by atoms with Crippen LogP contribution in [0.25, 0.3) is 0 Å². The van der Waals surface area contributed by atoms with Gasteiger partial charge in [-0.15, -0.1) is 0 Å². The summed E-state index contributed by atoms with van der Waals surface area (Å²) in [6.45, 7) is 0.808. The number of piperidine rings is 2. The summed E-state index contributed by atoms with van der Waals surface area (Å²) >= 11 is 0. The highest BCUT2D eigenvalue weighted by Gasteiger charge is 2.50. The molecule has 22 heavy (non-hydrogen) atoms. The molecule has 120 valence electrons. The zero-order chi connectivity index (χ0) is 16.0. The van der Waals surface area contributed by atoms with E-state index in [2.05, 4.69) is 0 Å². The van der Waals surface area contributed by atoms with Crippen molar-refractivity contribution in [1.29, 1.82) is 0 Å². The second-order valence-electron chi connectivity index (χ2n) is 6.16. The molecule has 1 aliphatic carbocycles. The first kappa shape index (κ1) is 15.4. The summed E-state index contributed by atoms with van der Waals surface area (Å²) in [6.07, 6.45) is 3.62. The third kappa shape index (κ3) is 2.31. The van der Waals surface area contributed by atoms with E-state index in [1.54, 1.807) is 4.31 Å². The lowest BCUT2D eigenvalue weighted by Gasteiger charge is -2.53. The normalized spacial score (nSPS) is 28.7. The topological polar surface area (TPSA) is 107 Å². The monoisotopic (exact) mass is 325 g/mol. The Morgan fingerprint density at radius 3 is 2.36 bits per heavy atom. The molecule has 1 aromatic rings. The fourth-order valence-electron chi connectivity index (χ4n) is 3.60. The first-order chi connectivity index (χ1) is 10.4. The SMILES string of the molecule is NCC12CCC(CC1)CN2S(=O)(=O)c1ccc([N+](=O)[O-])cc1. The standard InChI is InChI=1S/C14H19N3O4S/c15-10-14-7-5-11(6-8-14)9-16(14)22(20,21)13-3-1-12(2-4-13)17(18)19/h1-4,11H,5-10,15H2. The predicted octanol–water partition coefficient (Wildman–Crippen LogP) is 1.49. The van der Waals surface area contributed by atoms with Crippen LogP contribution in [-0.2, 0) is 10.0 Å². The highest BCUT2D eigenvalue weighted by Crippen LogP contribution is 2.45. The lowest BCUT2D eigenvalue weighted by molar-refractivity contribution is -0.384. The number of benzene rings is 1. The first-order valence-corrected chi connectivity index (χ1v) is 8.80. The molecule has 2 saturated heterocycles. The summed E-state index contributed by atoms with van der Waals surface area (Å²) < 4.78 is 27.4. The van der Waals surface area contributed by atoms with Gasteiger partial charge in [0, 0.05) is 30.8 Å². The van der Waals surface area contributed by atoms with E-state index in [0.29, 0.717) is 19.0 Å². The minimum Gasteiger partial charge on any atom is -0.329 e. The minimum atomic E-state index is -3.68. The molecule has 1 saturated carbocycles. The van der Waals surface area contributed by atoms with Gasteiger partial charge in [0.1, 0.15) is 0 Å². The lowest BCUT2D eigenvalue weighted by atomic mass is 9.72. The average molecular weight is 325 g/mol. The van der Waals surface area contributed by atoms with E-state index >= 15 is 0 Å². The number of nitrogens with two attached hydrogens (primary N) is 1. The second kappa shape index (κ2) is 5.29. The Kier molecular flexibility index (Phi) is 3.70. The molecular weight excluding hydrogens is 306 g/mol. The summed E-state index contributed by atoms with van der Waals surface area (Å²) in [6, 6.07) is 5.06. The van der Waals surface area contributed by atoms with Gasteiger partial charge in [0.15, 0.2) is 0 Å². The van der Waals surface area contributed by atoms with E-state index < -0.39 is 20.5 Å². The highest BCUT2D eigenvalue weighted by molar-refractivity contribution is 7.89. The van der Waals surface area contributed by atoms with Crippen molar-refractivity contribution in [1.82, 2.24) is 4.31 Å². The molecule has 2 aliphatic heterocycles. The summed E-state index contributed by atoms with van der Waals surface area (Å²) in [7, 11) is -3.68. The Labute approximate surface area is 129 Å². The van der Waals surface area contributed by atoms with Crippen LogP contribution < -0.4 is 5.73 Å². The third-order valence-corrected chi connectivity index (χ3v) is 6.99. The quantitative estimate of drug-likeness (QED) is 0.666. The molecule has 2 heterocycles. The molecule has 0 unspecified atom stereocenters. The van der Waals surface area contributed by atoms with Crippen molar-refractivity contribution in [2.24, 2.45) is 11.7 Å². The Hall–Kier alpha value is -1.51. The molecule has 2 N–H and O–H groups in total. The van der Waals surface area contributed by atoms with Gasteiger partial charge in [-0.05, 0) is 43.7 Å². The van der Waals surface area contributed by atoms with Gasteiger partial charge in [0.2, 0.25) is 10.0 Å². The van der Waals surface area contributed by atoms with Gasteiger partial charge in [-0.25, -0.2) is 8.42 Å². The molecule has 3 fully saturated rings. The fraction of sp³-hybridized carbons (Fsp3) is 0.571. The highest BCUT2D eigenvalue weighted by atomic mass is 32.2. The van der Waals surface area contributed by atoms with E-state index in [1.165, 1.54) is 24.3 Å². The number of nitro benzene ring substituents is 1. The molecular formula is C14H19N3O4S. The molecule has 2 bridgehead atoms. The van der Waals surface area contributed by atoms with Crippen LogP contribution in [-0.4, -0.2) is 36.3 Å². The van der Waals surface area contributed by atoms with Gasteiger partial charge in [0.05, 0.1) is 9.82 Å². The Bertz CT molecular complexity index is 679. The first-order valence-electron chi connectivity index (χ1n) is 7.36. The molecule has 3 aliphatic rings. The van der Waals surface area contributed by atoms with Crippen molar-refractivity contribution in [3.05, 3.63) is 34.4 Å². The van der Waals surface area contributed by atoms with E-state index in [4.69, 9.17) is 5.73 Å². The van der Waals surface area contributed by atoms with Crippen LogP contribution in [0.2, 0.25) is 0 Å². The van der Waals surface area contributed by atoms with Crippen LogP contribution in [0, 0.1) is 16.0 Å². The van der Waals surface area contributed by atoms with Crippen LogP contribution in [0.3, 0.4) is 0 Å². The number of hydrogen-bond acceptors (Lipinski definition) is 5. The van der Waals surface area contributed by atoms with Gasteiger partial charge < -0.3 is 5.73 Å². The van der Waals surface area contributed by atoms with E-state index in [0.717, 1.165) is 25.7 Å². The van der Waals surface area contributed by atoms with Gasteiger partial charge in [-0.3, -0.25) is 10.1 Å². The van der Waals surface area contributed by atoms with Crippen LogP contribution in [0.5, 0.6) is 0 Å². The Morgan fingerprint density at radius 1 is 1.27 bits per heavy atom. The zero-order valence-electron chi connectivity index (χ0n) is 12.1. The summed E-state index contributed by atoms with van der Waals surface area (Å²) in [4.78, 5) is 10.2. The maximum Gasteiger partial charge on any atom is 0.269 e. The number of non-ortho nitro benzene ring substituents is 1. The zero-order valence-corrected chi connectivity index (χ0v) is 13.0. The largest absolute Gasteiger partial charge is 0.329 e. The molecule has 0 aromatic heterocycles.